The Morgan fingerprint density at radius 1 is 1.20 bits per heavy atom. The van der Waals surface area contributed by atoms with Crippen LogP contribution in [0.5, 0.6) is 5.88 Å². The molecule has 1 fully saturated rings. The van der Waals surface area contributed by atoms with Gasteiger partial charge < -0.3 is 9.72 Å². The fourth-order valence-corrected chi connectivity index (χ4v) is 4.28. The number of rotatable bonds is 8. The number of nitrogens with two attached hydrogens (primary N) is 1. The van der Waals surface area contributed by atoms with Gasteiger partial charge in [-0.1, -0.05) is 31.4 Å². The summed E-state index contributed by atoms with van der Waals surface area (Å²) in [5.74, 6) is 1.81. The van der Waals surface area contributed by atoms with Gasteiger partial charge in [-0.05, 0) is 41.4 Å². The van der Waals surface area contributed by atoms with Crippen LogP contribution in [-0.4, -0.2) is 36.5 Å². The number of fused-ring (bicyclic) bond motifs is 1. The van der Waals surface area contributed by atoms with Crippen LogP contribution in [-0.2, 0) is 16.4 Å². The Morgan fingerprint density at radius 3 is 2.70 bits per heavy atom. The Morgan fingerprint density at radius 2 is 1.97 bits per heavy atom. The molecule has 0 radical (unpaired) electrons. The average molecular weight is 432 g/mol. The number of hydrogen-bond acceptors (Lipinski definition) is 6. The van der Waals surface area contributed by atoms with E-state index in [1.807, 2.05) is 0 Å². The molecule has 10 heteroatoms. The molecule has 1 aromatic carbocycles. The number of imidazole rings is 1. The van der Waals surface area contributed by atoms with Crippen LogP contribution in [0, 0.1) is 5.92 Å². The topological polar surface area (TPSA) is 137 Å². The highest BCUT2D eigenvalue weighted by atomic mass is 32.2. The first-order chi connectivity index (χ1) is 14.5. The molecule has 0 unspecified atom stereocenters. The standard InChI is InChI=1S/C20H26N6O3S/c21-30(27,28)16-8-6-14(7-9-16)10-11-22-20-25-18-17(23-13-24-18)19(26-20)29-12-15-4-2-1-3-5-15/h6-9,13,15H,1-5,10-12H2,(H2,21,27,28)(H2,22,23,24,25,26)/p+1. The lowest BCUT2D eigenvalue weighted by Gasteiger charge is -2.21. The van der Waals surface area contributed by atoms with Gasteiger partial charge >= 0.3 is 5.95 Å². The number of primary sulfonamides is 1. The van der Waals surface area contributed by atoms with E-state index in [2.05, 4.69) is 25.3 Å². The Hall–Kier alpha value is -2.72. The zero-order chi connectivity index (χ0) is 21.0. The van der Waals surface area contributed by atoms with Crippen molar-refractivity contribution in [1.82, 2.24) is 15.0 Å². The van der Waals surface area contributed by atoms with Gasteiger partial charge in [0.1, 0.15) is 0 Å². The summed E-state index contributed by atoms with van der Waals surface area (Å²) in [6.45, 7) is 1.29. The van der Waals surface area contributed by atoms with Crippen molar-refractivity contribution in [2.75, 3.05) is 18.5 Å². The van der Waals surface area contributed by atoms with Crippen LogP contribution in [0.3, 0.4) is 0 Å². The van der Waals surface area contributed by atoms with Gasteiger partial charge in [0.05, 0.1) is 24.4 Å². The van der Waals surface area contributed by atoms with Gasteiger partial charge in [-0.3, -0.25) is 5.32 Å². The monoisotopic (exact) mass is 431 g/mol. The van der Waals surface area contributed by atoms with Crippen LogP contribution in [0.4, 0.5) is 5.95 Å². The molecule has 2 heterocycles. The first-order valence-corrected chi connectivity index (χ1v) is 11.8. The fraction of sp³-hybridized carbons (Fsp3) is 0.450. The normalized spacial score (nSPS) is 15.4. The number of ether oxygens (including phenoxy) is 1. The molecular weight excluding hydrogens is 404 g/mol. The van der Waals surface area contributed by atoms with Crippen molar-refractivity contribution < 1.29 is 18.1 Å². The Labute approximate surface area is 175 Å². The summed E-state index contributed by atoms with van der Waals surface area (Å²) in [6.07, 6.45) is 8.60. The van der Waals surface area contributed by atoms with E-state index < -0.39 is 10.0 Å². The van der Waals surface area contributed by atoms with Crippen LogP contribution in [0.1, 0.15) is 37.7 Å². The second kappa shape index (κ2) is 8.97. The van der Waals surface area contributed by atoms with Crippen LogP contribution >= 0.6 is 0 Å². The molecule has 4 rings (SSSR count). The number of nitrogens with zero attached hydrogens (tertiary/aromatic N) is 2. The van der Waals surface area contributed by atoms with Crippen LogP contribution in [0.25, 0.3) is 11.2 Å². The Kier molecular flexibility index (Phi) is 6.14. The van der Waals surface area contributed by atoms with Gasteiger partial charge in [-0.2, -0.15) is 0 Å². The summed E-state index contributed by atoms with van der Waals surface area (Å²) in [5.41, 5.74) is 2.34. The molecule has 1 aliphatic rings. The van der Waals surface area contributed by atoms with E-state index >= 15 is 0 Å². The summed E-state index contributed by atoms with van der Waals surface area (Å²) in [5, 5.41) is 8.39. The predicted octanol–water partition coefficient (Wildman–Crippen LogP) is 2.03. The van der Waals surface area contributed by atoms with Crippen molar-refractivity contribution in [2.24, 2.45) is 11.1 Å². The quantitative estimate of drug-likeness (QED) is 0.499. The molecule has 30 heavy (non-hydrogen) atoms. The number of H-pyrrole nitrogens is 2. The molecule has 0 bridgehead atoms. The zero-order valence-corrected chi connectivity index (χ0v) is 17.5. The molecular formula is C20H27N6O3S+. The van der Waals surface area contributed by atoms with Crippen molar-refractivity contribution in [1.29, 1.82) is 0 Å². The molecule has 9 nitrogen and oxygen atoms in total. The average Bonchev–Trinajstić information content (AvgIpc) is 3.21. The summed E-state index contributed by atoms with van der Waals surface area (Å²) in [6, 6.07) is 6.55. The SMILES string of the molecule is NS(=O)(=O)c1ccc(CCNc2nc3nc[nH]c3c(OCC3CCCCC3)[nH+]2)cc1. The van der Waals surface area contributed by atoms with Gasteiger partial charge in [0.2, 0.25) is 10.0 Å². The highest BCUT2D eigenvalue weighted by molar-refractivity contribution is 7.89. The number of anilines is 1. The fourth-order valence-electron chi connectivity index (χ4n) is 3.76. The molecule has 3 aromatic rings. The van der Waals surface area contributed by atoms with Crippen molar-refractivity contribution >= 4 is 27.1 Å². The van der Waals surface area contributed by atoms with Gasteiger partial charge in [-0.15, -0.1) is 0 Å². The lowest BCUT2D eigenvalue weighted by atomic mass is 9.90. The van der Waals surface area contributed by atoms with Gasteiger partial charge in [0.15, 0.2) is 5.52 Å². The zero-order valence-electron chi connectivity index (χ0n) is 16.7. The largest absolute Gasteiger partial charge is 0.466 e. The van der Waals surface area contributed by atoms with Crippen LogP contribution in [0.2, 0.25) is 0 Å². The first-order valence-electron chi connectivity index (χ1n) is 10.2. The minimum absolute atomic E-state index is 0.109. The molecule has 0 atom stereocenters. The number of benzene rings is 1. The molecule has 1 aliphatic carbocycles. The molecule has 0 saturated heterocycles. The smallest absolute Gasteiger partial charge is 0.394 e. The molecule has 0 spiro atoms. The third-order valence-electron chi connectivity index (χ3n) is 5.44. The van der Waals surface area contributed by atoms with E-state index in [-0.39, 0.29) is 4.90 Å². The minimum atomic E-state index is -3.67. The predicted molar refractivity (Wildman–Crippen MR) is 113 cm³/mol. The highest BCUT2D eigenvalue weighted by Crippen LogP contribution is 2.25. The van der Waals surface area contributed by atoms with Gasteiger partial charge in [0, 0.05) is 6.42 Å². The molecule has 0 amide bonds. The van der Waals surface area contributed by atoms with E-state index in [0.29, 0.717) is 43.0 Å². The second-order valence-electron chi connectivity index (χ2n) is 7.70. The van der Waals surface area contributed by atoms with Crippen LogP contribution in [0.15, 0.2) is 35.5 Å². The molecule has 160 valence electrons. The third kappa shape index (κ3) is 5.06. The van der Waals surface area contributed by atoms with E-state index in [0.717, 1.165) is 11.1 Å². The number of hydrogen-bond donors (Lipinski definition) is 3. The summed E-state index contributed by atoms with van der Waals surface area (Å²) in [7, 11) is -3.67. The van der Waals surface area contributed by atoms with Crippen molar-refractivity contribution in [3.8, 4) is 5.88 Å². The summed E-state index contributed by atoms with van der Waals surface area (Å²) in [4.78, 5) is 15.2. The number of aromatic nitrogens is 4. The van der Waals surface area contributed by atoms with E-state index in [1.165, 1.54) is 44.2 Å². The lowest BCUT2D eigenvalue weighted by molar-refractivity contribution is -0.380. The van der Waals surface area contributed by atoms with Crippen molar-refractivity contribution in [3.05, 3.63) is 36.2 Å². The molecule has 5 N–H and O–H groups in total. The Balaban J connectivity index is 1.39. The molecule has 2 aromatic heterocycles. The van der Waals surface area contributed by atoms with Crippen LogP contribution < -0.4 is 20.2 Å². The number of aromatic amines is 2. The van der Waals surface area contributed by atoms with Crippen molar-refractivity contribution in [3.63, 3.8) is 0 Å². The Bertz CT molecular complexity index is 1090. The number of sulfonamides is 1. The molecule has 0 aliphatic heterocycles. The maximum absolute atomic E-state index is 11.3. The maximum atomic E-state index is 11.3. The maximum Gasteiger partial charge on any atom is 0.394 e. The van der Waals surface area contributed by atoms with E-state index in [4.69, 9.17) is 9.88 Å². The highest BCUT2D eigenvalue weighted by Gasteiger charge is 2.20. The molecule has 1 saturated carbocycles. The van der Waals surface area contributed by atoms with Gasteiger partial charge in [0.25, 0.3) is 11.5 Å². The summed E-state index contributed by atoms with van der Waals surface area (Å²) < 4.78 is 28.8. The third-order valence-corrected chi connectivity index (χ3v) is 6.37. The second-order valence-corrected chi connectivity index (χ2v) is 9.26. The van der Waals surface area contributed by atoms with E-state index in [1.54, 1.807) is 18.5 Å². The number of nitrogens with one attached hydrogen (secondary N) is 3. The van der Waals surface area contributed by atoms with Crippen molar-refractivity contribution in [2.45, 2.75) is 43.4 Å². The first kappa shape index (κ1) is 20.5. The lowest BCUT2D eigenvalue weighted by Crippen LogP contribution is -2.23. The van der Waals surface area contributed by atoms with E-state index in [9.17, 15) is 8.42 Å². The van der Waals surface area contributed by atoms with Gasteiger partial charge in [-0.25, -0.2) is 23.5 Å². The minimum Gasteiger partial charge on any atom is -0.466 e. The summed E-state index contributed by atoms with van der Waals surface area (Å²) >= 11 is 0.